The lowest BCUT2D eigenvalue weighted by Gasteiger charge is -2.49. The number of rotatable bonds is 0. The third kappa shape index (κ3) is 1.49. The summed E-state index contributed by atoms with van der Waals surface area (Å²) >= 11 is 0. The highest BCUT2D eigenvalue weighted by molar-refractivity contribution is 6.04. The van der Waals surface area contributed by atoms with Gasteiger partial charge < -0.3 is 14.9 Å². The van der Waals surface area contributed by atoms with E-state index in [4.69, 9.17) is 4.74 Å². The molecule has 0 bridgehead atoms. The zero-order chi connectivity index (χ0) is 17.0. The van der Waals surface area contributed by atoms with Crippen LogP contribution < -0.4 is 4.74 Å². The average Bonchev–Trinajstić information content (AvgIpc) is 3.04. The topological polar surface area (TPSA) is 66.8 Å². The van der Waals surface area contributed by atoms with Crippen LogP contribution in [0.15, 0.2) is 0 Å². The van der Waals surface area contributed by atoms with Gasteiger partial charge in [-0.3, -0.25) is 4.79 Å². The van der Waals surface area contributed by atoms with Gasteiger partial charge in [0.2, 0.25) is 0 Å². The number of hydrogen-bond donors (Lipinski definition) is 2. The van der Waals surface area contributed by atoms with Crippen molar-refractivity contribution in [1.82, 2.24) is 0 Å². The lowest BCUT2D eigenvalue weighted by Crippen LogP contribution is -2.46. The summed E-state index contributed by atoms with van der Waals surface area (Å²) in [5.41, 5.74) is 1.55. The number of ether oxygens (including phenoxy) is 1. The number of hydrogen-bond acceptors (Lipinski definition) is 4. The molecule has 2 N–H and O–H groups in total. The van der Waals surface area contributed by atoms with Crippen LogP contribution in [0.5, 0.6) is 17.2 Å². The molecule has 2 fully saturated rings. The van der Waals surface area contributed by atoms with Gasteiger partial charge in [0.15, 0.2) is 17.3 Å². The maximum atomic E-state index is 12.9. The molecule has 0 amide bonds. The molecule has 0 saturated heterocycles. The van der Waals surface area contributed by atoms with Gasteiger partial charge in [-0.15, -0.1) is 0 Å². The van der Waals surface area contributed by atoms with Crippen molar-refractivity contribution in [2.45, 2.75) is 64.4 Å². The Morgan fingerprint density at radius 3 is 2.67 bits per heavy atom. The summed E-state index contributed by atoms with van der Waals surface area (Å²) in [6, 6.07) is 0. The van der Waals surface area contributed by atoms with Crippen LogP contribution in [0.25, 0.3) is 0 Å². The van der Waals surface area contributed by atoms with Crippen LogP contribution in [0, 0.1) is 17.3 Å². The second kappa shape index (κ2) is 4.09. The molecule has 0 radical (unpaired) electrons. The molecule has 5 rings (SSSR count). The van der Waals surface area contributed by atoms with Crippen LogP contribution in [0.2, 0.25) is 0 Å². The van der Waals surface area contributed by atoms with Crippen molar-refractivity contribution >= 4 is 5.78 Å². The van der Waals surface area contributed by atoms with Crippen LogP contribution in [0.4, 0.5) is 0 Å². The van der Waals surface area contributed by atoms with E-state index < -0.39 is 0 Å². The molecule has 1 aliphatic heterocycles. The Balaban J connectivity index is 1.79. The molecule has 24 heavy (non-hydrogen) atoms. The Kier molecular flexibility index (Phi) is 2.49. The summed E-state index contributed by atoms with van der Waals surface area (Å²) in [4.78, 5) is 12.9. The highest BCUT2D eigenvalue weighted by atomic mass is 16.5. The van der Waals surface area contributed by atoms with Gasteiger partial charge >= 0.3 is 0 Å². The highest BCUT2D eigenvalue weighted by Gasteiger charge is 2.66. The molecule has 4 aliphatic rings. The number of carbonyl (C=O) groups excluding carboxylic acids is 1. The minimum atomic E-state index is -0.267. The molecule has 1 aromatic rings. The first-order valence-corrected chi connectivity index (χ1v) is 9.08. The number of phenolic OH excluding ortho intramolecular Hbond substituents is 2. The first kappa shape index (κ1) is 14.6. The largest absolute Gasteiger partial charge is 0.507 e. The van der Waals surface area contributed by atoms with Crippen molar-refractivity contribution in [3.8, 4) is 17.2 Å². The Morgan fingerprint density at radius 2 is 1.92 bits per heavy atom. The molecule has 0 aromatic heterocycles. The Labute approximate surface area is 141 Å². The summed E-state index contributed by atoms with van der Waals surface area (Å²) in [5, 5.41) is 21.8. The number of benzene rings is 1. The number of carbonyl (C=O) groups is 1. The molecule has 5 atom stereocenters. The monoisotopic (exact) mass is 328 g/mol. The maximum absolute atomic E-state index is 12.9. The third-order valence-corrected chi connectivity index (χ3v) is 7.58. The molecule has 0 spiro atoms. The summed E-state index contributed by atoms with van der Waals surface area (Å²) in [5.74, 6) is 1.49. The second-order valence-corrected chi connectivity index (χ2v) is 8.93. The lowest BCUT2D eigenvalue weighted by atomic mass is 9.54. The van der Waals surface area contributed by atoms with Crippen LogP contribution in [-0.4, -0.2) is 22.1 Å². The van der Waals surface area contributed by atoms with Gasteiger partial charge in [0.25, 0.3) is 0 Å². The van der Waals surface area contributed by atoms with Crippen molar-refractivity contribution in [1.29, 1.82) is 0 Å². The summed E-state index contributed by atoms with van der Waals surface area (Å²) in [7, 11) is 0. The van der Waals surface area contributed by atoms with Gasteiger partial charge in [-0.25, -0.2) is 0 Å². The van der Waals surface area contributed by atoms with Crippen molar-refractivity contribution in [2.75, 3.05) is 0 Å². The number of aromatic hydroxyl groups is 2. The Hall–Kier alpha value is -1.71. The summed E-state index contributed by atoms with van der Waals surface area (Å²) < 4.78 is 5.79. The second-order valence-electron chi connectivity index (χ2n) is 8.93. The van der Waals surface area contributed by atoms with E-state index >= 15 is 0 Å². The third-order valence-electron chi connectivity index (χ3n) is 7.58. The van der Waals surface area contributed by atoms with Crippen LogP contribution in [0.1, 0.15) is 67.9 Å². The number of Topliss-reactive ketones (excluding diaryl/α,β-unsaturated/α-hetero) is 1. The summed E-state index contributed by atoms with van der Waals surface area (Å²) in [6.07, 6.45) is 4.20. The van der Waals surface area contributed by atoms with E-state index in [0.29, 0.717) is 41.2 Å². The van der Waals surface area contributed by atoms with E-state index in [1.54, 1.807) is 0 Å². The molecule has 1 unspecified atom stereocenters. The van der Waals surface area contributed by atoms with Gasteiger partial charge in [0, 0.05) is 29.4 Å². The quantitative estimate of drug-likeness (QED) is 0.713. The first-order chi connectivity index (χ1) is 11.3. The van der Waals surface area contributed by atoms with Crippen LogP contribution >= 0.6 is 0 Å². The Bertz CT molecular complexity index is 798. The van der Waals surface area contributed by atoms with E-state index in [1.165, 1.54) is 6.42 Å². The number of ketones is 1. The minimum Gasteiger partial charge on any atom is -0.507 e. The maximum Gasteiger partial charge on any atom is 0.168 e. The highest BCUT2D eigenvalue weighted by Crippen LogP contribution is 2.72. The normalized spacial score (nSPS) is 41.8. The van der Waals surface area contributed by atoms with Gasteiger partial charge in [-0.05, 0) is 43.4 Å². The van der Waals surface area contributed by atoms with Crippen LogP contribution in [-0.2, 0) is 11.8 Å². The van der Waals surface area contributed by atoms with Gasteiger partial charge in [-0.2, -0.15) is 0 Å². The molecular formula is C20H24O4. The minimum absolute atomic E-state index is 0.0172. The van der Waals surface area contributed by atoms with Crippen molar-refractivity contribution in [3.63, 3.8) is 0 Å². The van der Waals surface area contributed by atoms with E-state index in [0.717, 1.165) is 12.8 Å². The smallest absolute Gasteiger partial charge is 0.168 e. The van der Waals surface area contributed by atoms with E-state index in [1.807, 2.05) is 6.92 Å². The van der Waals surface area contributed by atoms with E-state index in [9.17, 15) is 15.0 Å². The fourth-order valence-electron chi connectivity index (χ4n) is 6.18. The summed E-state index contributed by atoms with van der Waals surface area (Å²) in [6.45, 7) is 6.38. The van der Waals surface area contributed by atoms with Gasteiger partial charge in [-0.1, -0.05) is 13.8 Å². The SMILES string of the molecule is C[C@H]1Cc2c(O)c3c(c(O)c2O1)[C@@]1(C)CC[C@H]2C[C@@]2(C)C1CC3=O. The van der Waals surface area contributed by atoms with Crippen molar-refractivity contribution < 1.29 is 19.7 Å². The zero-order valence-corrected chi connectivity index (χ0v) is 14.5. The first-order valence-electron chi connectivity index (χ1n) is 9.08. The zero-order valence-electron chi connectivity index (χ0n) is 14.5. The van der Waals surface area contributed by atoms with Crippen molar-refractivity contribution in [2.24, 2.45) is 17.3 Å². The fourth-order valence-corrected chi connectivity index (χ4v) is 6.18. The van der Waals surface area contributed by atoms with E-state index in [-0.39, 0.29) is 40.1 Å². The lowest BCUT2D eigenvalue weighted by molar-refractivity contribution is 0.0694. The molecule has 3 aliphatic carbocycles. The predicted octanol–water partition coefficient (Wildman–Crippen LogP) is 3.70. The molecule has 1 aromatic carbocycles. The van der Waals surface area contributed by atoms with Gasteiger partial charge in [0.05, 0.1) is 5.56 Å². The van der Waals surface area contributed by atoms with Gasteiger partial charge in [0.1, 0.15) is 11.9 Å². The molecule has 4 heteroatoms. The van der Waals surface area contributed by atoms with E-state index in [2.05, 4.69) is 13.8 Å². The van der Waals surface area contributed by atoms with Crippen molar-refractivity contribution in [3.05, 3.63) is 16.7 Å². The molecule has 4 nitrogen and oxygen atoms in total. The number of fused-ring (bicyclic) bond motifs is 6. The predicted molar refractivity (Wildman–Crippen MR) is 88.8 cm³/mol. The average molecular weight is 328 g/mol. The molecular weight excluding hydrogens is 304 g/mol. The Morgan fingerprint density at radius 1 is 1.17 bits per heavy atom. The molecule has 1 heterocycles. The molecule has 128 valence electrons. The standard InChI is InChI=1S/C20H24O4/c1-9-6-11-16(22)14-12(21)7-13-19(2,5-4-10-8-20(10,13)3)15(14)17(23)18(11)24-9/h9-10,13,22-23H,4-8H2,1-3H3/t9-,10-,13?,19-,20+/m0/s1. The number of phenols is 2. The van der Waals surface area contributed by atoms with Crippen LogP contribution in [0.3, 0.4) is 0 Å². The fraction of sp³-hybridized carbons (Fsp3) is 0.650. The molecule has 2 saturated carbocycles.